The second-order valence-electron chi connectivity index (χ2n) is 5.40. The summed E-state index contributed by atoms with van der Waals surface area (Å²) in [6, 6.07) is 5.38. The number of aryl methyl sites for hydroxylation is 1. The Morgan fingerprint density at radius 1 is 1.38 bits per heavy atom. The van der Waals surface area contributed by atoms with Crippen molar-refractivity contribution in [3.63, 3.8) is 0 Å². The van der Waals surface area contributed by atoms with Gasteiger partial charge in [-0.05, 0) is 38.0 Å². The highest BCUT2D eigenvalue weighted by atomic mass is 35.5. The third-order valence-corrected chi connectivity index (χ3v) is 3.99. The smallest absolute Gasteiger partial charge is 0.171 e. The highest BCUT2D eigenvalue weighted by molar-refractivity contribution is 6.30. The first-order valence-electron chi connectivity index (χ1n) is 7.24. The summed E-state index contributed by atoms with van der Waals surface area (Å²) in [7, 11) is 0. The molecule has 21 heavy (non-hydrogen) atoms. The van der Waals surface area contributed by atoms with Gasteiger partial charge in [-0.15, -0.1) is 10.2 Å². The van der Waals surface area contributed by atoms with Crippen LogP contribution < -0.4 is 10.5 Å². The summed E-state index contributed by atoms with van der Waals surface area (Å²) in [6.07, 6.45) is 3.36. The summed E-state index contributed by atoms with van der Waals surface area (Å²) in [5.41, 5.74) is 6.87. The fraction of sp³-hybridized carbons (Fsp3) is 0.467. The van der Waals surface area contributed by atoms with Crippen molar-refractivity contribution in [3.8, 4) is 5.75 Å². The Labute approximate surface area is 129 Å². The van der Waals surface area contributed by atoms with Crippen molar-refractivity contribution in [1.29, 1.82) is 0 Å². The Kier molecular flexibility index (Phi) is 4.12. The van der Waals surface area contributed by atoms with Crippen molar-refractivity contribution in [2.45, 2.75) is 45.4 Å². The third kappa shape index (κ3) is 3.04. The van der Waals surface area contributed by atoms with E-state index in [0.717, 1.165) is 35.9 Å². The molecule has 2 heterocycles. The van der Waals surface area contributed by atoms with Crippen LogP contribution in [0, 0.1) is 0 Å². The molecule has 6 heteroatoms. The maximum atomic E-state index is 6.02. The molecule has 1 aliphatic rings. The highest BCUT2D eigenvalue weighted by Crippen LogP contribution is 2.28. The lowest BCUT2D eigenvalue weighted by atomic mass is 10.1. The maximum Gasteiger partial charge on any atom is 0.171 e. The second-order valence-corrected chi connectivity index (χ2v) is 5.84. The molecule has 0 spiro atoms. The zero-order chi connectivity index (χ0) is 14.8. The minimum Gasteiger partial charge on any atom is -0.485 e. The van der Waals surface area contributed by atoms with Gasteiger partial charge in [-0.1, -0.05) is 11.6 Å². The second kappa shape index (κ2) is 6.03. The molecule has 0 saturated carbocycles. The van der Waals surface area contributed by atoms with E-state index in [-0.39, 0.29) is 6.04 Å². The number of rotatable bonds is 4. The Morgan fingerprint density at radius 2 is 2.24 bits per heavy atom. The molecule has 2 N–H and O–H groups in total. The van der Waals surface area contributed by atoms with Gasteiger partial charge >= 0.3 is 0 Å². The number of ether oxygens (including phenoxy) is 1. The zero-order valence-electron chi connectivity index (χ0n) is 12.1. The van der Waals surface area contributed by atoms with Gasteiger partial charge in [-0.2, -0.15) is 0 Å². The molecule has 0 aliphatic carbocycles. The van der Waals surface area contributed by atoms with Crippen LogP contribution in [-0.2, 0) is 19.6 Å². The van der Waals surface area contributed by atoms with E-state index in [1.165, 1.54) is 12.8 Å². The molecule has 0 radical (unpaired) electrons. The first-order valence-corrected chi connectivity index (χ1v) is 7.61. The lowest BCUT2D eigenvalue weighted by Gasteiger charge is -2.17. The molecule has 1 aromatic carbocycles. The van der Waals surface area contributed by atoms with Crippen molar-refractivity contribution >= 4 is 11.6 Å². The third-order valence-electron chi connectivity index (χ3n) is 3.76. The van der Waals surface area contributed by atoms with E-state index in [1.807, 2.05) is 25.1 Å². The van der Waals surface area contributed by atoms with E-state index >= 15 is 0 Å². The van der Waals surface area contributed by atoms with E-state index in [1.54, 1.807) is 0 Å². The van der Waals surface area contributed by atoms with E-state index in [4.69, 9.17) is 22.1 Å². The molecule has 3 rings (SSSR count). The predicted octanol–water partition coefficient (Wildman–Crippen LogP) is 2.87. The quantitative estimate of drug-likeness (QED) is 0.943. The number of aromatic nitrogens is 3. The van der Waals surface area contributed by atoms with Crippen LogP contribution in [0.2, 0.25) is 5.02 Å². The van der Waals surface area contributed by atoms with Crippen molar-refractivity contribution in [3.05, 3.63) is 40.4 Å². The van der Waals surface area contributed by atoms with E-state index in [0.29, 0.717) is 11.6 Å². The van der Waals surface area contributed by atoms with Crippen LogP contribution in [0.4, 0.5) is 0 Å². The molecule has 112 valence electrons. The van der Waals surface area contributed by atoms with Gasteiger partial charge in [0.1, 0.15) is 18.2 Å². The summed E-state index contributed by atoms with van der Waals surface area (Å²) in [4.78, 5) is 0. The fourth-order valence-electron chi connectivity index (χ4n) is 2.62. The van der Waals surface area contributed by atoms with Gasteiger partial charge in [0.25, 0.3) is 0 Å². The molecule has 1 unspecified atom stereocenters. The van der Waals surface area contributed by atoms with Gasteiger partial charge in [0.05, 0.1) is 0 Å². The van der Waals surface area contributed by atoms with Crippen molar-refractivity contribution in [2.24, 2.45) is 5.73 Å². The van der Waals surface area contributed by atoms with Crippen LogP contribution >= 0.6 is 11.6 Å². The Bertz CT molecular complexity index is 639. The number of hydrogen-bond donors (Lipinski definition) is 1. The topological polar surface area (TPSA) is 66.0 Å². The average Bonchev–Trinajstić information content (AvgIpc) is 2.89. The molecule has 1 atom stereocenters. The molecular weight excluding hydrogens is 288 g/mol. The monoisotopic (exact) mass is 306 g/mol. The first-order chi connectivity index (χ1) is 10.1. The Morgan fingerprint density at radius 3 is 3.05 bits per heavy atom. The number of nitrogens with zero attached hydrogens (tertiary/aromatic N) is 3. The normalized spacial score (nSPS) is 15.6. The van der Waals surface area contributed by atoms with Crippen LogP contribution in [-0.4, -0.2) is 14.8 Å². The fourth-order valence-corrected chi connectivity index (χ4v) is 2.80. The molecule has 5 nitrogen and oxygen atoms in total. The number of fused-ring (bicyclic) bond motifs is 1. The molecule has 2 aromatic rings. The molecule has 0 bridgehead atoms. The Hall–Kier alpha value is -1.59. The van der Waals surface area contributed by atoms with Gasteiger partial charge in [0.15, 0.2) is 5.82 Å². The van der Waals surface area contributed by atoms with Crippen molar-refractivity contribution in [1.82, 2.24) is 14.8 Å². The lowest BCUT2D eigenvalue weighted by molar-refractivity contribution is 0.282. The SMILES string of the molecule is CC(N)c1cc(Cl)ccc1OCc1nnc2n1CCCC2. The minimum atomic E-state index is -0.133. The van der Waals surface area contributed by atoms with Crippen LogP contribution in [0.25, 0.3) is 0 Å². The van der Waals surface area contributed by atoms with Gasteiger partial charge in [-0.3, -0.25) is 0 Å². The maximum absolute atomic E-state index is 6.02. The summed E-state index contributed by atoms with van der Waals surface area (Å²) < 4.78 is 8.06. The van der Waals surface area contributed by atoms with Crippen molar-refractivity contribution in [2.75, 3.05) is 0 Å². The number of halogens is 1. The van der Waals surface area contributed by atoms with E-state index < -0.39 is 0 Å². The summed E-state index contributed by atoms with van der Waals surface area (Å²) >= 11 is 6.02. The minimum absolute atomic E-state index is 0.133. The van der Waals surface area contributed by atoms with E-state index in [2.05, 4.69) is 14.8 Å². The summed E-state index contributed by atoms with van der Waals surface area (Å²) in [6.45, 7) is 3.29. The zero-order valence-corrected chi connectivity index (χ0v) is 12.8. The molecule has 0 amide bonds. The van der Waals surface area contributed by atoms with Crippen LogP contribution in [0.3, 0.4) is 0 Å². The van der Waals surface area contributed by atoms with Crippen LogP contribution in [0.5, 0.6) is 5.75 Å². The average molecular weight is 307 g/mol. The molecular formula is C15H19ClN4O. The van der Waals surface area contributed by atoms with Gasteiger partial charge in [0, 0.05) is 29.6 Å². The number of hydrogen-bond acceptors (Lipinski definition) is 4. The molecule has 0 saturated heterocycles. The van der Waals surface area contributed by atoms with Gasteiger partial charge < -0.3 is 15.0 Å². The lowest BCUT2D eigenvalue weighted by Crippen LogP contribution is -2.15. The van der Waals surface area contributed by atoms with Crippen LogP contribution in [0.15, 0.2) is 18.2 Å². The van der Waals surface area contributed by atoms with E-state index in [9.17, 15) is 0 Å². The Balaban J connectivity index is 1.77. The van der Waals surface area contributed by atoms with Gasteiger partial charge in [-0.25, -0.2) is 0 Å². The summed E-state index contributed by atoms with van der Waals surface area (Å²) in [5.74, 6) is 2.68. The predicted molar refractivity (Wildman–Crippen MR) is 81.3 cm³/mol. The highest BCUT2D eigenvalue weighted by Gasteiger charge is 2.17. The van der Waals surface area contributed by atoms with Gasteiger partial charge in [0.2, 0.25) is 0 Å². The summed E-state index contributed by atoms with van der Waals surface area (Å²) in [5, 5.41) is 9.12. The molecule has 1 aromatic heterocycles. The molecule has 1 aliphatic heterocycles. The number of nitrogens with two attached hydrogens (primary N) is 1. The number of benzene rings is 1. The largest absolute Gasteiger partial charge is 0.485 e. The van der Waals surface area contributed by atoms with Crippen LogP contribution in [0.1, 0.15) is 43.0 Å². The van der Waals surface area contributed by atoms with Crippen molar-refractivity contribution < 1.29 is 4.74 Å². The molecule has 0 fully saturated rings. The first kappa shape index (κ1) is 14.4. The standard InChI is InChI=1S/C15H19ClN4O/c1-10(17)12-8-11(16)5-6-13(12)21-9-15-19-18-14-4-2-3-7-20(14)15/h5-6,8,10H,2-4,7,9,17H2,1H3.